The fraction of sp³-hybridized carbons (Fsp3) is 0.933. The van der Waals surface area contributed by atoms with Crippen molar-refractivity contribution < 1.29 is 9.90 Å². The Morgan fingerprint density at radius 2 is 1.72 bits per heavy atom. The maximum absolute atomic E-state index is 11.7. The summed E-state index contributed by atoms with van der Waals surface area (Å²) in [5.74, 6) is -0.00144. The Labute approximate surface area is 112 Å². The molecule has 0 bridgehead atoms. The van der Waals surface area contributed by atoms with Gasteiger partial charge < -0.3 is 5.11 Å². The smallest absolute Gasteiger partial charge is 0.310 e. The molecule has 1 saturated carbocycles. The molecule has 0 aromatic carbocycles. The average Bonchev–Trinajstić information content (AvgIpc) is 2.28. The van der Waals surface area contributed by atoms with Crippen LogP contribution in [0, 0.1) is 11.3 Å². The molecule has 0 saturated heterocycles. The molecule has 3 heteroatoms. The molecular formula is C15H29NO2. The van der Waals surface area contributed by atoms with E-state index in [1.807, 2.05) is 0 Å². The molecule has 0 heterocycles. The number of carboxylic acid groups (broad SMARTS) is 1. The number of hydrogen-bond acceptors (Lipinski definition) is 2. The molecule has 18 heavy (non-hydrogen) atoms. The van der Waals surface area contributed by atoms with Crippen LogP contribution < -0.4 is 0 Å². The van der Waals surface area contributed by atoms with Gasteiger partial charge in [0.2, 0.25) is 0 Å². The number of aliphatic carboxylic acids is 1. The van der Waals surface area contributed by atoms with E-state index in [9.17, 15) is 9.90 Å². The van der Waals surface area contributed by atoms with Crippen molar-refractivity contribution in [1.82, 2.24) is 4.90 Å². The van der Waals surface area contributed by atoms with E-state index in [0.29, 0.717) is 12.0 Å². The lowest BCUT2D eigenvalue weighted by atomic mass is 9.73. The number of carbonyl (C=O) groups is 1. The molecule has 1 fully saturated rings. The molecule has 0 aromatic heterocycles. The first-order valence-corrected chi connectivity index (χ1v) is 7.35. The summed E-state index contributed by atoms with van der Waals surface area (Å²) in [5, 5.41) is 9.63. The zero-order valence-electron chi connectivity index (χ0n) is 12.4. The zero-order chi connectivity index (χ0) is 13.8. The van der Waals surface area contributed by atoms with Crippen LogP contribution in [0.25, 0.3) is 0 Å². The molecule has 1 N–H and O–H groups in total. The van der Waals surface area contributed by atoms with Gasteiger partial charge in [-0.25, -0.2) is 0 Å². The Kier molecular flexibility index (Phi) is 5.64. The van der Waals surface area contributed by atoms with E-state index in [0.717, 1.165) is 38.8 Å². The SMILES string of the molecule is CC(C)CN(CC1(C(=O)O)CCCCC1)C(C)C. The third-order valence-corrected chi connectivity index (χ3v) is 4.10. The highest BCUT2D eigenvalue weighted by Gasteiger charge is 2.41. The molecule has 0 unspecified atom stereocenters. The van der Waals surface area contributed by atoms with Gasteiger partial charge in [0.25, 0.3) is 0 Å². The van der Waals surface area contributed by atoms with Gasteiger partial charge in [-0.2, -0.15) is 0 Å². The van der Waals surface area contributed by atoms with Crippen molar-refractivity contribution in [2.45, 2.75) is 65.8 Å². The van der Waals surface area contributed by atoms with Gasteiger partial charge in [-0.1, -0.05) is 33.1 Å². The first kappa shape index (κ1) is 15.5. The number of nitrogens with zero attached hydrogens (tertiary/aromatic N) is 1. The predicted octanol–water partition coefficient (Wildman–Crippen LogP) is 3.39. The number of hydrogen-bond donors (Lipinski definition) is 1. The third kappa shape index (κ3) is 3.98. The van der Waals surface area contributed by atoms with Crippen molar-refractivity contribution in [3.8, 4) is 0 Å². The summed E-state index contributed by atoms with van der Waals surface area (Å²) in [6.07, 6.45) is 5.04. The van der Waals surface area contributed by atoms with Crippen molar-refractivity contribution >= 4 is 5.97 Å². The first-order chi connectivity index (χ1) is 8.37. The minimum Gasteiger partial charge on any atom is -0.481 e. The summed E-state index contributed by atoms with van der Waals surface area (Å²) in [6.45, 7) is 10.4. The van der Waals surface area contributed by atoms with Crippen LogP contribution in [0.15, 0.2) is 0 Å². The van der Waals surface area contributed by atoms with Gasteiger partial charge in [0.05, 0.1) is 5.41 Å². The van der Waals surface area contributed by atoms with E-state index in [1.165, 1.54) is 6.42 Å². The van der Waals surface area contributed by atoms with Gasteiger partial charge in [0, 0.05) is 19.1 Å². The molecule has 0 amide bonds. The quantitative estimate of drug-likeness (QED) is 0.791. The number of rotatable bonds is 6. The lowest BCUT2D eigenvalue weighted by Gasteiger charge is -2.40. The molecule has 0 aliphatic heterocycles. The number of carboxylic acids is 1. The average molecular weight is 255 g/mol. The molecule has 0 atom stereocenters. The van der Waals surface area contributed by atoms with Crippen LogP contribution in [0.1, 0.15) is 59.8 Å². The lowest BCUT2D eigenvalue weighted by Crippen LogP contribution is -2.47. The van der Waals surface area contributed by atoms with Crippen LogP contribution in [0.3, 0.4) is 0 Å². The van der Waals surface area contributed by atoms with Gasteiger partial charge in [-0.3, -0.25) is 9.69 Å². The molecule has 1 aliphatic rings. The zero-order valence-corrected chi connectivity index (χ0v) is 12.4. The summed E-state index contributed by atoms with van der Waals surface area (Å²) in [7, 11) is 0. The first-order valence-electron chi connectivity index (χ1n) is 7.35. The monoisotopic (exact) mass is 255 g/mol. The van der Waals surface area contributed by atoms with E-state index in [1.54, 1.807) is 0 Å². The van der Waals surface area contributed by atoms with E-state index >= 15 is 0 Å². The Morgan fingerprint density at radius 3 is 2.11 bits per heavy atom. The minimum atomic E-state index is -0.586. The summed E-state index contributed by atoms with van der Waals surface area (Å²) >= 11 is 0. The Morgan fingerprint density at radius 1 is 1.17 bits per heavy atom. The molecule has 0 radical (unpaired) electrons. The Bertz CT molecular complexity index is 268. The second-order valence-corrected chi connectivity index (χ2v) is 6.56. The molecular weight excluding hydrogens is 226 g/mol. The third-order valence-electron chi connectivity index (χ3n) is 4.10. The molecule has 0 spiro atoms. The van der Waals surface area contributed by atoms with Crippen molar-refractivity contribution in [2.75, 3.05) is 13.1 Å². The van der Waals surface area contributed by atoms with Gasteiger partial charge in [0.15, 0.2) is 0 Å². The van der Waals surface area contributed by atoms with Crippen LogP contribution in [-0.2, 0) is 4.79 Å². The summed E-state index contributed by atoms with van der Waals surface area (Å²) < 4.78 is 0. The van der Waals surface area contributed by atoms with Crippen LogP contribution in [0.4, 0.5) is 0 Å². The summed E-state index contributed by atoms with van der Waals surface area (Å²) in [6, 6.07) is 0.422. The van der Waals surface area contributed by atoms with Crippen LogP contribution in [-0.4, -0.2) is 35.1 Å². The highest BCUT2D eigenvalue weighted by Crippen LogP contribution is 2.37. The highest BCUT2D eigenvalue weighted by molar-refractivity contribution is 5.75. The molecule has 3 nitrogen and oxygen atoms in total. The Balaban J connectivity index is 2.76. The second kappa shape index (κ2) is 6.55. The fourth-order valence-electron chi connectivity index (χ4n) is 2.98. The van der Waals surface area contributed by atoms with Crippen LogP contribution >= 0.6 is 0 Å². The molecule has 0 aromatic rings. The normalized spacial score (nSPS) is 19.7. The van der Waals surface area contributed by atoms with Gasteiger partial charge in [0.1, 0.15) is 0 Å². The standard InChI is InChI=1S/C15H29NO2/c1-12(2)10-16(13(3)4)11-15(14(17)18)8-6-5-7-9-15/h12-13H,5-11H2,1-4H3,(H,17,18). The Hall–Kier alpha value is -0.570. The maximum Gasteiger partial charge on any atom is 0.310 e. The van der Waals surface area contributed by atoms with Crippen molar-refractivity contribution in [3.63, 3.8) is 0 Å². The largest absolute Gasteiger partial charge is 0.481 e. The molecule has 1 aliphatic carbocycles. The highest BCUT2D eigenvalue weighted by atomic mass is 16.4. The minimum absolute atomic E-state index is 0.422. The van der Waals surface area contributed by atoms with E-state index in [2.05, 4.69) is 32.6 Å². The molecule has 1 rings (SSSR count). The van der Waals surface area contributed by atoms with E-state index < -0.39 is 11.4 Å². The topological polar surface area (TPSA) is 40.5 Å². The summed E-state index contributed by atoms with van der Waals surface area (Å²) in [5.41, 5.74) is -0.489. The second-order valence-electron chi connectivity index (χ2n) is 6.56. The van der Waals surface area contributed by atoms with E-state index in [4.69, 9.17) is 0 Å². The van der Waals surface area contributed by atoms with Crippen molar-refractivity contribution in [1.29, 1.82) is 0 Å². The lowest BCUT2D eigenvalue weighted by molar-refractivity contribution is -0.153. The molecule has 106 valence electrons. The van der Waals surface area contributed by atoms with Crippen molar-refractivity contribution in [3.05, 3.63) is 0 Å². The summed E-state index contributed by atoms with van der Waals surface area (Å²) in [4.78, 5) is 14.0. The van der Waals surface area contributed by atoms with Crippen LogP contribution in [0.5, 0.6) is 0 Å². The van der Waals surface area contributed by atoms with Gasteiger partial charge >= 0.3 is 5.97 Å². The van der Waals surface area contributed by atoms with E-state index in [-0.39, 0.29) is 0 Å². The predicted molar refractivity (Wildman–Crippen MR) is 74.7 cm³/mol. The maximum atomic E-state index is 11.7. The fourth-order valence-corrected chi connectivity index (χ4v) is 2.98. The van der Waals surface area contributed by atoms with Gasteiger partial charge in [-0.15, -0.1) is 0 Å². The van der Waals surface area contributed by atoms with Gasteiger partial charge in [-0.05, 0) is 32.6 Å². The van der Waals surface area contributed by atoms with Crippen LogP contribution in [0.2, 0.25) is 0 Å². The van der Waals surface area contributed by atoms with Crippen molar-refractivity contribution in [2.24, 2.45) is 11.3 Å².